The summed E-state index contributed by atoms with van der Waals surface area (Å²) in [7, 11) is 0. The van der Waals surface area contributed by atoms with E-state index in [1.165, 1.54) is 11.1 Å². The molecule has 1 unspecified atom stereocenters. The number of aliphatic imine (C=N–C) groups is 1. The van der Waals surface area contributed by atoms with E-state index in [4.69, 9.17) is 0 Å². The van der Waals surface area contributed by atoms with Crippen LogP contribution in [-0.2, 0) is 6.54 Å². The molecule has 0 saturated carbocycles. The fourth-order valence-corrected chi connectivity index (χ4v) is 3.38. The third kappa shape index (κ3) is 2.40. The predicted molar refractivity (Wildman–Crippen MR) is 85.4 cm³/mol. The third-order valence-electron chi connectivity index (χ3n) is 4.37. The lowest BCUT2D eigenvalue weighted by Crippen LogP contribution is -2.34. The monoisotopic (exact) mass is 295 g/mol. The second-order valence-electron chi connectivity index (χ2n) is 5.81. The van der Waals surface area contributed by atoms with Gasteiger partial charge in [-0.15, -0.1) is 0 Å². The first-order chi connectivity index (χ1) is 10.8. The van der Waals surface area contributed by atoms with Gasteiger partial charge < -0.3 is 5.32 Å². The van der Waals surface area contributed by atoms with E-state index in [0.29, 0.717) is 0 Å². The highest BCUT2D eigenvalue weighted by molar-refractivity contribution is 5.85. The Morgan fingerprint density at radius 3 is 2.73 bits per heavy atom. The van der Waals surface area contributed by atoms with Crippen molar-refractivity contribution in [2.75, 3.05) is 19.6 Å². The molecule has 2 aliphatic rings. The van der Waals surface area contributed by atoms with Crippen LogP contribution in [0, 0.1) is 5.82 Å². The molecule has 2 aromatic rings. The smallest absolute Gasteiger partial charge is 0.123 e. The molecule has 1 N–H and O–H groups in total. The topological polar surface area (TPSA) is 27.6 Å². The number of benzene rings is 2. The molecule has 22 heavy (non-hydrogen) atoms. The molecule has 0 aliphatic carbocycles. The molecule has 0 saturated heterocycles. The van der Waals surface area contributed by atoms with Crippen molar-refractivity contribution in [1.82, 2.24) is 10.2 Å². The normalized spacial score (nSPS) is 20.6. The van der Waals surface area contributed by atoms with E-state index in [0.717, 1.165) is 37.6 Å². The van der Waals surface area contributed by atoms with E-state index in [2.05, 4.69) is 39.5 Å². The van der Waals surface area contributed by atoms with Crippen molar-refractivity contribution in [3.05, 3.63) is 71.0 Å². The minimum atomic E-state index is -0.191. The summed E-state index contributed by atoms with van der Waals surface area (Å²) in [5, 5.41) is 3.34. The van der Waals surface area contributed by atoms with Crippen LogP contribution in [0.1, 0.15) is 22.7 Å². The number of halogens is 1. The molecule has 0 bridgehead atoms. The van der Waals surface area contributed by atoms with Crippen LogP contribution in [0.4, 0.5) is 4.39 Å². The van der Waals surface area contributed by atoms with Crippen LogP contribution >= 0.6 is 0 Å². The minimum absolute atomic E-state index is 0.168. The van der Waals surface area contributed by atoms with Gasteiger partial charge in [0.25, 0.3) is 0 Å². The molecule has 4 heteroatoms. The Bertz CT molecular complexity index is 709. The predicted octanol–water partition coefficient (Wildman–Crippen LogP) is 2.73. The molecule has 0 amide bonds. The molecule has 2 aliphatic heterocycles. The van der Waals surface area contributed by atoms with Gasteiger partial charge in [-0.05, 0) is 28.8 Å². The number of nitrogens with zero attached hydrogens (tertiary/aromatic N) is 2. The summed E-state index contributed by atoms with van der Waals surface area (Å²) in [6.07, 6.45) is 0. The third-order valence-corrected chi connectivity index (χ3v) is 4.37. The Morgan fingerprint density at radius 1 is 1.14 bits per heavy atom. The summed E-state index contributed by atoms with van der Waals surface area (Å²) in [6, 6.07) is 15.5. The van der Waals surface area contributed by atoms with Gasteiger partial charge in [0.1, 0.15) is 11.7 Å². The summed E-state index contributed by atoms with van der Waals surface area (Å²) in [5.41, 5.74) is 3.79. The SMILES string of the molecule is Fc1ccc(C2c3ccccc3CN2CC2=NCCN2)cc1. The lowest BCUT2D eigenvalue weighted by molar-refractivity contribution is 0.279. The average Bonchev–Trinajstić information content (AvgIpc) is 3.16. The summed E-state index contributed by atoms with van der Waals surface area (Å²) in [4.78, 5) is 6.91. The average molecular weight is 295 g/mol. The Hall–Kier alpha value is -2.20. The van der Waals surface area contributed by atoms with Gasteiger partial charge in [0.2, 0.25) is 0 Å². The molecule has 112 valence electrons. The number of hydrogen-bond acceptors (Lipinski definition) is 3. The van der Waals surface area contributed by atoms with Crippen LogP contribution in [0.5, 0.6) is 0 Å². The van der Waals surface area contributed by atoms with Crippen LogP contribution in [0.15, 0.2) is 53.5 Å². The van der Waals surface area contributed by atoms with E-state index in [1.807, 2.05) is 12.1 Å². The van der Waals surface area contributed by atoms with E-state index in [9.17, 15) is 4.39 Å². The van der Waals surface area contributed by atoms with E-state index < -0.39 is 0 Å². The van der Waals surface area contributed by atoms with E-state index in [1.54, 1.807) is 12.1 Å². The fourth-order valence-electron chi connectivity index (χ4n) is 3.38. The molecule has 3 nitrogen and oxygen atoms in total. The maximum Gasteiger partial charge on any atom is 0.123 e. The van der Waals surface area contributed by atoms with Gasteiger partial charge in [-0.25, -0.2) is 4.39 Å². The first kappa shape index (κ1) is 13.5. The molecule has 1 atom stereocenters. The minimum Gasteiger partial charge on any atom is -0.371 e. The Kier molecular flexibility index (Phi) is 3.39. The molecule has 4 rings (SSSR count). The molecule has 0 aromatic heterocycles. The highest BCUT2D eigenvalue weighted by Gasteiger charge is 2.32. The highest BCUT2D eigenvalue weighted by atomic mass is 19.1. The van der Waals surface area contributed by atoms with Crippen LogP contribution < -0.4 is 5.32 Å². The van der Waals surface area contributed by atoms with Gasteiger partial charge >= 0.3 is 0 Å². The van der Waals surface area contributed by atoms with Crippen molar-refractivity contribution < 1.29 is 4.39 Å². The molecular formula is C18H18FN3. The first-order valence-corrected chi connectivity index (χ1v) is 7.66. The summed E-state index contributed by atoms with van der Waals surface area (Å²) < 4.78 is 13.3. The number of hydrogen-bond donors (Lipinski definition) is 1. The van der Waals surface area contributed by atoms with Gasteiger partial charge in [0.05, 0.1) is 19.1 Å². The van der Waals surface area contributed by atoms with E-state index >= 15 is 0 Å². The number of amidine groups is 1. The highest BCUT2D eigenvalue weighted by Crippen LogP contribution is 2.38. The summed E-state index contributed by atoms with van der Waals surface area (Å²) >= 11 is 0. The van der Waals surface area contributed by atoms with Crippen molar-refractivity contribution in [2.24, 2.45) is 4.99 Å². The summed E-state index contributed by atoms with van der Waals surface area (Å²) in [5.74, 6) is 0.864. The lowest BCUT2D eigenvalue weighted by atomic mass is 9.98. The molecule has 0 spiro atoms. The lowest BCUT2D eigenvalue weighted by Gasteiger charge is -2.25. The summed E-state index contributed by atoms with van der Waals surface area (Å²) in [6.45, 7) is 3.49. The zero-order chi connectivity index (χ0) is 14.9. The second kappa shape index (κ2) is 5.54. The number of fused-ring (bicyclic) bond motifs is 1. The Labute approximate surface area is 129 Å². The molecule has 0 radical (unpaired) electrons. The molecule has 0 fully saturated rings. The quantitative estimate of drug-likeness (QED) is 0.943. The Balaban J connectivity index is 1.70. The van der Waals surface area contributed by atoms with E-state index in [-0.39, 0.29) is 11.9 Å². The first-order valence-electron chi connectivity index (χ1n) is 7.66. The molecule has 2 aromatic carbocycles. The van der Waals surface area contributed by atoms with Gasteiger partial charge in [0, 0.05) is 13.1 Å². The zero-order valence-electron chi connectivity index (χ0n) is 12.3. The van der Waals surface area contributed by atoms with Crippen molar-refractivity contribution in [3.63, 3.8) is 0 Å². The van der Waals surface area contributed by atoms with Crippen LogP contribution in [0.3, 0.4) is 0 Å². The van der Waals surface area contributed by atoms with Crippen molar-refractivity contribution in [1.29, 1.82) is 0 Å². The van der Waals surface area contributed by atoms with Gasteiger partial charge in [-0.1, -0.05) is 36.4 Å². The van der Waals surface area contributed by atoms with Gasteiger partial charge in [-0.3, -0.25) is 9.89 Å². The standard InChI is InChI=1S/C18H18FN3/c19-15-7-5-13(6-8-15)18-16-4-2-1-3-14(16)11-22(18)12-17-20-9-10-21-17/h1-8,18H,9-12H2,(H,20,21). The van der Waals surface area contributed by atoms with Crippen LogP contribution in [-0.4, -0.2) is 30.4 Å². The Morgan fingerprint density at radius 2 is 1.95 bits per heavy atom. The van der Waals surface area contributed by atoms with Crippen LogP contribution in [0.25, 0.3) is 0 Å². The maximum atomic E-state index is 13.3. The largest absolute Gasteiger partial charge is 0.371 e. The van der Waals surface area contributed by atoms with Crippen LogP contribution in [0.2, 0.25) is 0 Å². The van der Waals surface area contributed by atoms with Crippen molar-refractivity contribution in [2.45, 2.75) is 12.6 Å². The maximum absolute atomic E-state index is 13.3. The van der Waals surface area contributed by atoms with Crippen molar-refractivity contribution in [3.8, 4) is 0 Å². The number of rotatable bonds is 3. The number of nitrogens with one attached hydrogen (secondary N) is 1. The van der Waals surface area contributed by atoms with Gasteiger partial charge in [0.15, 0.2) is 0 Å². The molecular weight excluding hydrogens is 277 g/mol. The second-order valence-corrected chi connectivity index (χ2v) is 5.81. The van der Waals surface area contributed by atoms with Crippen molar-refractivity contribution >= 4 is 5.84 Å². The van der Waals surface area contributed by atoms with Gasteiger partial charge in [-0.2, -0.15) is 0 Å². The zero-order valence-corrected chi connectivity index (χ0v) is 12.3. The fraction of sp³-hybridized carbons (Fsp3) is 0.278. The molecule has 2 heterocycles.